The Morgan fingerprint density at radius 2 is 2.00 bits per heavy atom. The fourth-order valence-corrected chi connectivity index (χ4v) is 2.48. The van der Waals surface area contributed by atoms with Crippen molar-refractivity contribution < 1.29 is 5.11 Å². The van der Waals surface area contributed by atoms with Crippen LogP contribution in [0.15, 0.2) is 0 Å². The normalized spacial score (nSPS) is 38.5. The summed E-state index contributed by atoms with van der Waals surface area (Å²) in [5.41, 5.74) is 0. The van der Waals surface area contributed by atoms with Gasteiger partial charge in [-0.25, -0.2) is 0 Å². The maximum atomic E-state index is 9.22. The third kappa shape index (κ3) is 1.63. The van der Waals surface area contributed by atoms with Crippen LogP contribution in [0.4, 0.5) is 0 Å². The number of aliphatic hydroxyl groups excluding tert-OH is 1. The minimum Gasteiger partial charge on any atom is -0.392 e. The molecular formula is C9H18N2O. The Morgan fingerprint density at radius 1 is 1.42 bits per heavy atom. The molecule has 2 rings (SSSR count). The van der Waals surface area contributed by atoms with Gasteiger partial charge >= 0.3 is 0 Å². The van der Waals surface area contributed by atoms with E-state index in [-0.39, 0.29) is 6.10 Å². The first-order valence-electron chi connectivity index (χ1n) is 4.87. The Bertz CT molecular complexity index is 149. The SMILES string of the molecule is C[C@@H](O)CN1C[C@H]2CNC[C@H]2C1. The highest BCUT2D eigenvalue weighted by atomic mass is 16.3. The molecule has 12 heavy (non-hydrogen) atoms. The number of fused-ring (bicyclic) bond motifs is 1. The molecule has 0 unspecified atom stereocenters. The molecule has 0 radical (unpaired) electrons. The number of aliphatic hydroxyl groups is 1. The van der Waals surface area contributed by atoms with E-state index in [4.69, 9.17) is 0 Å². The molecule has 2 heterocycles. The van der Waals surface area contributed by atoms with E-state index in [0.717, 1.165) is 18.4 Å². The Morgan fingerprint density at radius 3 is 2.50 bits per heavy atom. The van der Waals surface area contributed by atoms with Gasteiger partial charge in [-0.15, -0.1) is 0 Å². The van der Waals surface area contributed by atoms with Crippen LogP contribution in [-0.4, -0.2) is 48.8 Å². The summed E-state index contributed by atoms with van der Waals surface area (Å²) in [6, 6.07) is 0. The van der Waals surface area contributed by atoms with Crippen LogP contribution in [0.25, 0.3) is 0 Å². The van der Waals surface area contributed by atoms with Gasteiger partial charge in [0.25, 0.3) is 0 Å². The molecule has 0 saturated carbocycles. The molecule has 0 aliphatic carbocycles. The summed E-state index contributed by atoms with van der Waals surface area (Å²) < 4.78 is 0. The average Bonchev–Trinajstić information content (AvgIpc) is 2.43. The molecule has 2 aliphatic rings. The number of hydrogen-bond acceptors (Lipinski definition) is 3. The lowest BCUT2D eigenvalue weighted by molar-refractivity contribution is 0.136. The molecule has 0 aromatic heterocycles. The second-order valence-electron chi connectivity index (χ2n) is 4.25. The zero-order chi connectivity index (χ0) is 8.55. The number of hydrogen-bond donors (Lipinski definition) is 2. The molecule has 0 bridgehead atoms. The van der Waals surface area contributed by atoms with Crippen LogP contribution in [0.5, 0.6) is 0 Å². The third-order valence-corrected chi connectivity index (χ3v) is 2.99. The van der Waals surface area contributed by atoms with Gasteiger partial charge < -0.3 is 15.3 Å². The number of β-amino-alcohol motifs (C(OH)–C–C–N with tert-alkyl or cyclic N) is 1. The molecule has 3 nitrogen and oxygen atoms in total. The highest BCUT2D eigenvalue weighted by Gasteiger charge is 2.35. The maximum Gasteiger partial charge on any atom is 0.0639 e. The summed E-state index contributed by atoms with van der Waals surface area (Å²) >= 11 is 0. The summed E-state index contributed by atoms with van der Waals surface area (Å²) in [4.78, 5) is 2.39. The van der Waals surface area contributed by atoms with E-state index in [2.05, 4.69) is 10.2 Å². The second-order valence-corrected chi connectivity index (χ2v) is 4.25. The van der Waals surface area contributed by atoms with Crippen molar-refractivity contribution in [3.05, 3.63) is 0 Å². The van der Waals surface area contributed by atoms with Crippen molar-refractivity contribution in [3.63, 3.8) is 0 Å². The van der Waals surface area contributed by atoms with Crippen molar-refractivity contribution in [2.75, 3.05) is 32.7 Å². The van der Waals surface area contributed by atoms with Gasteiger partial charge in [0.2, 0.25) is 0 Å². The first-order chi connectivity index (χ1) is 5.75. The number of rotatable bonds is 2. The predicted octanol–water partition coefficient (Wildman–Crippen LogP) is -0.482. The molecule has 0 aromatic rings. The van der Waals surface area contributed by atoms with Crippen molar-refractivity contribution in [2.24, 2.45) is 11.8 Å². The minimum absolute atomic E-state index is 0.170. The first-order valence-corrected chi connectivity index (χ1v) is 4.87. The Balaban J connectivity index is 1.82. The van der Waals surface area contributed by atoms with E-state index in [1.165, 1.54) is 26.2 Å². The maximum absolute atomic E-state index is 9.22. The topological polar surface area (TPSA) is 35.5 Å². The Hall–Kier alpha value is -0.120. The van der Waals surface area contributed by atoms with Gasteiger partial charge in [-0.1, -0.05) is 0 Å². The monoisotopic (exact) mass is 170 g/mol. The van der Waals surface area contributed by atoms with E-state index in [1.54, 1.807) is 0 Å². The fourth-order valence-electron chi connectivity index (χ4n) is 2.48. The summed E-state index contributed by atoms with van der Waals surface area (Å²) in [5, 5.41) is 12.6. The molecule has 70 valence electrons. The minimum atomic E-state index is -0.170. The van der Waals surface area contributed by atoms with E-state index in [1.807, 2.05) is 6.92 Å². The summed E-state index contributed by atoms with van der Waals surface area (Å²) in [6.07, 6.45) is -0.170. The van der Waals surface area contributed by atoms with Crippen LogP contribution >= 0.6 is 0 Å². The molecular weight excluding hydrogens is 152 g/mol. The number of nitrogens with zero attached hydrogens (tertiary/aromatic N) is 1. The Labute approximate surface area is 73.8 Å². The van der Waals surface area contributed by atoms with Crippen molar-refractivity contribution in [3.8, 4) is 0 Å². The standard InChI is InChI=1S/C9H18N2O/c1-7(12)4-11-5-8-2-10-3-9(8)6-11/h7-10,12H,2-6H2,1H3/t7-,8-,9+/m1/s1. The molecule has 2 fully saturated rings. The lowest BCUT2D eigenvalue weighted by Gasteiger charge is -2.18. The van der Waals surface area contributed by atoms with Crippen LogP contribution in [0, 0.1) is 11.8 Å². The molecule has 0 aromatic carbocycles. The highest BCUT2D eigenvalue weighted by Crippen LogP contribution is 2.25. The van der Waals surface area contributed by atoms with Crippen LogP contribution in [0.3, 0.4) is 0 Å². The molecule has 0 amide bonds. The zero-order valence-corrected chi connectivity index (χ0v) is 7.66. The highest BCUT2D eigenvalue weighted by molar-refractivity contribution is 4.91. The van der Waals surface area contributed by atoms with Crippen LogP contribution in [-0.2, 0) is 0 Å². The Kier molecular flexibility index (Phi) is 2.35. The average molecular weight is 170 g/mol. The van der Waals surface area contributed by atoms with E-state index < -0.39 is 0 Å². The van der Waals surface area contributed by atoms with Gasteiger partial charge in [0.1, 0.15) is 0 Å². The first kappa shape index (κ1) is 8.48. The summed E-state index contributed by atoms with van der Waals surface area (Å²) in [6.45, 7) is 7.45. The van der Waals surface area contributed by atoms with Gasteiger partial charge in [0, 0.05) is 19.6 Å². The van der Waals surface area contributed by atoms with Gasteiger partial charge in [-0.3, -0.25) is 0 Å². The van der Waals surface area contributed by atoms with Crippen LogP contribution in [0.2, 0.25) is 0 Å². The van der Waals surface area contributed by atoms with Crippen molar-refractivity contribution >= 4 is 0 Å². The molecule has 2 aliphatic heterocycles. The summed E-state index contributed by atoms with van der Waals surface area (Å²) in [5.74, 6) is 1.70. The van der Waals surface area contributed by atoms with Crippen LogP contribution < -0.4 is 5.32 Å². The lowest BCUT2D eigenvalue weighted by atomic mass is 10.0. The second kappa shape index (κ2) is 3.32. The predicted molar refractivity (Wildman–Crippen MR) is 48.0 cm³/mol. The van der Waals surface area contributed by atoms with E-state index in [9.17, 15) is 5.11 Å². The largest absolute Gasteiger partial charge is 0.392 e. The van der Waals surface area contributed by atoms with Crippen molar-refractivity contribution in [1.82, 2.24) is 10.2 Å². The lowest BCUT2D eigenvalue weighted by Crippen LogP contribution is -2.31. The summed E-state index contributed by atoms with van der Waals surface area (Å²) in [7, 11) is 0. The fraction of sp³-hybridized carbons (Fsp3) is 1.00. The smallest absolute Gasteiger partial charge is 0.0639 e. The third-order valence-electron chi connectivity index (χ3n) is 2.99. The van der Waals surface area contributed by atoms with E-state index >= 15 is 0 Å². The van der Waals surface area contributed by atoms with Gasteiger partial charge in [0.15, 0.2) is 0 Å². The van der Waals surface area contributed by atoms with Crippen LogP contribution in [0.1, 0.15) is 6.92 Å². The molecule has 3 heteroatoms. The number of likely N-dealkylation sites (tertiary alicyclic amines) is 1. The van der Waals surface area contributed by atoms with Gasteiger partial charge in [-0.2, -0.15) is 0 Å². The molecule has 2 saturated heterocycles. The van der Waals surface area contributed by atoms with Crippen molar-refractivity contribution in [1.29, 1.82) is 0 Å². The molecule has 2 N–H and O–H groups in total. The van der Waals surface area contributed by atoms with E-state index in [0.29, 0.717) is 0 Å². The zero-order valence-electron chi connectivity index (χ0n) is 7.66. The molecule has 0 spiro atoms. The van der Waals surface area contributed by atoms with Gasteiger partial charge in [0.05, 0.1) is 6.10 Å². The molecule has 3 atom stereocenters. The van der Waals surface area contributed by atoms with Crippen molar-refractivity contribution in [2.45, 2.75) is 13.0 Å². The van der Waals surface area contributed by atoms with Gasteiger partial charge in [-0.05, 0) is 31.8 Å². The number of nitrogens with one attached hydrogen (secondary N) is 1. The quantitative estimate of drug-likeness (QED) is 0.587.